The molecule has 95 valence electrons. The van der Waals surface area contributed by atoms with E-state index in [-0.39, 0.29) is 5.91 Å². The number of likely N-dealkylation sites (tertiary alicyclic amines) is 1. The Labute approximate surface area is 108 Å². The SMILES string of the molecule is O=C(C=CCN1CCCCC1)Nc1c[c]ccc1. The Morgan fingerprint density at radius 1 is 1.39 bits per heavy atom. The lowest BCUT2D eigenvalue weighted by molar-refractivity contribution is -0.111. The lowest BCUT2D eigenvalue weighted by Gasteiger charge is -2.24. The van der Waals surface area contributed by atoms with Crippen molar-refractivity contribution in [2.45, 2.75) is 19.3 Å². The second-order valence-electron chi connectivity index (χ2n) is 4.55. The van der Waals surface area contributed by atoms with Crippen molar-refractivity contribution in [1.82, 2.24) is 4.90 Å². The smallest absolute Gasteiger partial charge is 0.248 e. The lowest BCUT2D eigenvalue weighted by Crippen LogP contribution is -2.29. The van der Waals surface area contributed by atoms with Gasteiger partial charge < -0.3 is 5.32 Å². The van der Waals surface area contributed by atoms with E-state index < -0.39 is 0 Å². The standard InChI is InChI=1S/C15H19N2O/c18-15(16-14-8-3-1-4-9-14)10-7-13-17-11-5-2-6-12-17/h1,3,7-10H,2,5-6,11-13H2,(H,16,18). The number of carbonyl (C=O) groups is 1. The van der Waals surface area contributed by atoms with Crippen LogP contribution in [-0.2, 0) is 4.79 Å². The molecule has 1 N–H and O–H groups in total. The lowest BCUT2D eigenvalue weighted by atomic mass is 10.1. The van der Waals surface area contributed by atoms with Gasteiger partial charge in [0.05, 0.1) is 0 Å². The second-order valence-corrected chi connectivity index (χ2v) is 4.55. The molecule has 2 rings (SSSR count). The number of nitrogens with zero attached hydrogens (tertiary/aromatic N) is 1. The monoisotopic (exact) mass is 243 g/mol. The fourth-order valence-electron chi connectivity index (χ4n) is 2.11. The normalized spacial score (nSPS) is 16.9. The van der Waals surface area contributed by atoms with Crippen LogP contribution in [0.5, 0.6) is 0 Å². The van der Waals surface area contributed by atoms with Gasteiger partial charge in [-0.25, -0.2) is 0 Å². The van der Waals surface area contributed by atoms with E-state index >= 15 is 0 Å². The molecule has 0 atom stereocenters. The van der Waals surface area contributed by atoms with Gasteiger partial charge in [-0.15, -0.1) is 0 Å². The van der Waals surface area contributed by atoms with E-state index in [9.17, 15) is 4.79 Å². The fourth-order valence-corrected chi connectivity index (χ4v) is 2.11. The fraction of sp³-hybridized carbons (Fsp3) is 0.400. The molecular formula is C15H19N2O. The molecule has 1 heterocycles. The van der Waals surface area contributed by atoms with Gasteiger partial charge in [0.1, 0.15) is 0 Å². The van der Waals surface area contributed by atoms with Gasteiger partial charge in [0.15, 0.2) is 0 Å². The van der Waals surface area contributed by atoms with Gasteiger partial charge >= 0.3 is 0 Å². The third kappa shape index (κ3) is 4.34. The van der Waals surface area contributed by atoms with Gasteiger partial charge in [0.25, 0.3) is 0 Å². The Morgan fingerprint density at radius 2 is 2.22 bits per heavy atom. The maximum atomic E-state index is 11.6. The molecule has 1 amide bonds. The first-order chi connectivity index (χ1) is 8.84. The summed E-state index contributed by atoms with van der Waals surface area (Å²) < 4.78 is 0. The number of piperidine rings is 1. The van der Waals surface area contributed by atoms with Gasteiger partial charge in [-0.05, 0) is 44.1 Å². The van der Waals surface area contributed by atoms with Crippen LogP contribution in [0.2, 0.25) is 0 Å². The van der Waals surface area contributed by atoms with Crippen molar-refractivity contribution in [2.24, 2.45) is 0 Å². The van der Waals surface area contributed by atoms with Crippen LogP contribution >= 0.6 is 0 Å². The average Bonchev–Trinajstić information content (AvgIpc) is 2.41. The first kappa shape index (κ1) is 12.8. The van der Waals surface area contributed by atoms with E-state index in [0.29, 0.717) is 0 Å². The highest BCUT2D eigenvalue weighted by molar-refractivity contribution is 5.99. The highest BCUT2D eigenvalue weighted by atomic mass is 16.1. The van der Waals surface area contributed by atoms with E-state index in [1.54, 1.807) is 12.1 Å². The summed E-state index contributed by atoms with van der Waals surface area (Å²) >= 11 is 0. The molecule has 3 nitrogen and oxygen atoms in total. The van der Waals surface area contributed by atoms with Gasteiger partial charge in [-0.3, -0.25) is 9.69 Å². The highest BCUT2D eigenvalue weighted by Gasteiger charge is 2.07. The van der Waals surface area contributed by atoms with Crippen LogP contribution in [0.15, 0.2) is 36.4 Å². The molecule has 0 bridgehead atoms. The summed E-state index contributed by atoms with van der Waals surface area (Å²) in [6.45, 7) is 3.17. The van der Waals surface area contributed by atoms with Gasteiger partial charge in [0.2, 0.25) is 5.91 Å². The van der Waals surface area contributed by atoms with Gasteiger partial charge in [0, 0.05) is 18.3 Å². The number of carbonyl (C=O) groups excluding carboxylic acids is 1. The quantitative estimate of drug-likeness (QED) is 0.824. The molecule has 0 unspecified atom stereocenters. The van der Waals surface area contributed by atoms with E-state index in [0.717, 1.165) is 25.3 Å². The van der Waals surface area contributed by atoms with E-state index in [1.165, 1.54) is 19.3 Å². The third-order valence-electron chi connectivity index (χ3n) is 3.06. The predicted molar refractivity (Wildman–Crippen MR) is 73.3 cm³/mol. The molecule has 1 radical (unpaired) electrons. The van der Waals surface area contributed by atoms with Crippen LogP contribution in [0, 0.1) is 6.07 Å². The van der Waals surface area contributed by atoms with Crippen molar-refractivity contribution in [1.29, 1.82) is 0 Å². The Morgan fingerprint density at radius 3 is 2.94 bits per heavy atom. The minimum absolute atomic E-state index is 0.0772. The molecule has 0 aromatic heterocycles. The molecule has 0 spiro atoms. The molecule has 0 aliphatic carbocycles. The van der Waals surface area contributed by atoms with Crippen LogP contribution in [0.1, 0.15) is 19.3 Å². The number of benzene rings is 1. The van der Waals surface area contributed by atoms with E-state index in [4.69, 9.17) is 0 Å². The number of hydrogen-bond acceptors (Lipinski definition) is 2. The zero-order chi connectivity index (χ0) is 12.6. The molecule has 1 fully saturated rings. The van der Waals surface area contributed by atoms with Crippen LogP contribution in [-0.4, -0.2) is 30.4 Å². The molecule has 3 heteroatoms. The minimum atomic E-state index is -0.0772. The third-order valence-corrected chi connectivity index (χ3v) is 3.06. The summed E-state index contributed by atoms with van der Waals surface area (Å²) in [7, 11) is 0. The van der Waals surface area contributed by atoms with Gasteiger partial charge in [-0.1, -0.05) is 24.6 Å². The van der Waals surface area contributed by atoms with Gasteiger partial charge in [-0.2, -0.15) is 0 Å². The average molecular weight is 243 g/mol. The van der Waals surface area contributed by atoms with E-state index in [2.05, 4.69) is 16.3 Å². The number of hydrogen-bond donors (Lipinski definition) is 1. The molecule has 1 aliphatic heterocycles. The zero-order valence-corrected chi connectivity index (χ0v) is 10.6. The van der Waals surface area contributed by atoms with Crippen LogP contribution in [0.25, 0.3) is 0 Å². The van der Waals surface area contributed by atoms with Crippen LogP contribution in [0.3, 0.4) is 0 Å². The maximum absolute atomic E-state index is 11.6. The minimum Gasteiger partial charge on any atom is -0.323 e. The highest BCUT2D eigenvalue weighted by Crippen LogP contribution is 2.08. The van der Waals surface area contributed by atoms with Crippen LogP contribution < -0.4 is 5.32 Å². The summed E-state index contributed by atoms with van der Waals surface area (Å²) in [5, 5.41) is 2.80. The molecular weight excluding hydrogens is 224 g/mol. The molecule has 18 heavy (non-hydrogen) atoms. The summed E-state index contributed by atoms with van der Waals surface area (Å²) in [5.74, 6) is -0.0772. The first-order valence-corrected chi connectivity index (χ1v) is 6.50. The van der Waals surface area contributed by atoms with Crippen LogP contribution in [0.4, 0.5) is 5.69 Å². The van der Waals surface area contributed by atoms with Crippen molar-refractivity contribution in [2.75, 3.05) is 25.0 Å². The molecule has 1 aliphatic rings. The van der Waals surface area contributed by atoms with Crippen molar-refractivity contribution in [3.05, 3.63) is 42.5 Å². The molecule has 1 saturated heterocycles. The number of amides is 1. The van der Waals surface area contributed by atoms with Crippen molar-refractivity contribution in [3.63, 3.8) is 0 Å². The summed E-state index contributed by atoms with van der Waals surface area (Å²) in [4.78, 5) is 14.0. The molecule has 0 saturated carbocycles. The number of nitrogens with one attached hydrogen (secondary N) is 1. The Kier molecular flexibility index (Phi) is 4.97. The summed E-state index contributed by atoms with van der Waals surface area (Å²) in [6.07, 6.45) is 7.44. The topological polar surface area (TPSA) is 32.3 Å². The maximum Gasteiger partial charge on any atom is 0.248 e. The number of rotatable bonds is 4. The van der Waals surface area contributed by atoms with Crippen molar-refractivity contribution >= 4 is 11.6 Å². The summed E-state index contributed by atoms with van der Waals surface area (Å²) in [5.41, 5.74) is 0.783. The Balaban J connectivity index is 1.73. The molecule has 1 aromatic rings. The Bertz CT molecular complexity index is 394. The van der Waals surface area contributed by atoms with Crippen molar-refractivity contribution in [3.8, 4) is 0 Å². The first-order valence-electron chi connectivity index (χ1n) is 6.50. The Hall–Kier alpha value is -1.61. The number of anilines is 1. The second kappa shape index (κ2) is 6.97. The zero-order valence-electron chi connectivity index (χ0n) is 10.6. The summed E-state index contributed by atoms with van der Waals surface area (Å²) in [6, 6.07) is 10.2. The van der Waals surface area contributed by atoms with E-state index in [1.807, 2.05) is 24.3 Å². The van der Waals surface area contributed by atoms with Crippen molar-refractivity contribution < 1.29 is 4.79 Å². The largest absolute Gasteiger partial charge is 0.323 e. The predicted octanol–water partition coefficient (Wildman–Crippen LogP) is 2.47. The molecule has 1 aromatic carbocycles.